The van der Waals surface area contributed by atoms with E-state index in [4.69, 9.17) is 9.26 Å². The number of ether oxygens (including phenoxy) is 1. The van der Waals surface area contributed by atoms with Gasteiger partial charge in [0.25, 0.3) is 5.89 Å². The number of methoxy groups -OCH3 is 1. The van der Waals surface area contributed by atoms with Crippen molar-refractivity contribution >= 4 is 23.2 Å². The van der Waals surface area contributed by atoms with Gasteiger partial charge in [0.2, 0.25) is 11.8 Å². The molecule has 0 radical (unpaired) electrons. The van der Waals surface area contributed by atoms with E-state index in [1.54, 1.807) is 37.1 Å². The van der Waals surface area contributed by atoms with Crippen LogP contribution in [0.15, 0.2) is 53.1 Å². The smallest absolute Gasteiger partial charge is 0.260 e. The molecular formula is C21H20N4O4. The zero-order chi connectivity index (χ0) is 20.4. The van der Waals surface area contributed by atoms with E-state index in [1.807, 2.05) is 30.3 Å². The van der Waals surface area contributed by atoms with E-state index < -0.39 is 5.92 Å². The van der Waals surface area contributed by atoms with Crippen molar-refractivity contribution in [2.45, 2.75) is 13.3 Å². The standard InChI is InChI=1S/C21H20N4O4/c1-13-22-21(29-24-13)15-7-3-4-8-16(15)23-20(27)14-11-19(26)25(12-14)17-9-5-6-10-18(17)28-2/h3-10,14H,11-12H2,1-2H3,(H,23,27)/t14-/m1/s1. The lowest BCUT2D eigenvalue weighted by atomic mass is 10.1. The van der Waals surface area contributed by atoms with Crippen molar-refractivity contribution in [3.8, 4) is 17.2 Å². The fraction of sp³-hybridized carbons (Fsp3) is 0.238. The van der Waals surface area contributed by atoms with Crippen molar-refractivity contribution in [1.82, 2.24) is 10.1 Å². The first-order valence-electron chi connectivity index (χ1n) is 9.21. The van der Waals surface area contributed by atoms with Crippen molar-refractivity contribution in [3.63, 3.8) is 0 Å². The molecule has 8 heteroatoms. The third kappa shape index (κ3) is 3.69. The monoisotopic (exact) mass is 392 g/mol. The molecule has 2 aromatic carbocycles. The molecule has 0 spiro atoms. The minimum atomic E-state index is -0.482. The SMILES string of the molecule is COc1ccccc1N1C[C@H](C(=O)Nc2ccccc2-c2nc(C)no2)CC1=O. The number of benzene rings is 2. The molecule has 1 atom stereocenters. The van der Waals surface area contributed by atoms with Gasteiger partial charge in [0, 0.05) is 13.0 Å². The normalized spacial score (nSPS) is 16.1. The van der Waals surface area contributed by atoms with Crippen molar-refractivity contribution in [3.05, 3.63) is 54.4 Å². The van der Waals surface area contributed by atoms with Crippen LogP contribution in [-0.4, -0.2) is 35.6 Å². The number of anilines is 2. The van der Waals surface area contributed by atoms with Gasteiger partial charge in [-0.25, -0.2) is 0 Å². The van der Waals surface area contributed by atoms with Gasteiger partial charge in [-0.3, -0.25) is 9.59 Å². The van der Waals surface area contributed by atoms with Gasteiger partial charge in [-0.1, -0.05) is 29.4 Å². The largest absolute Gasteiger partial charge is 0.495 e. The summed E-state index contributed by atoms with van der Waals surface area (Å²) in [5.74, 6) is 0.602. The van der Waals surface area contributed by atoms with Crippen LogP contribution in [0.25, 0.3) is 11.5 Å². The number of aryl methyl sites for hydroxylation is 1. The molecular weight excluding hydrogens is 372 g/mol. The molecule has 0 saturated carbocycles. The molecule has 0 bridgehead atoms. The molecule has 1 fully saturated rings. The zero-order valence-corrected chi connectivity index (χ0v) is 16.1. The Morgan fingerprint density at radius 2 is 1.97 bits per heavy atom. The Morgan fingerprint density at radius 3 is 2.72 bits per heavy atom. The summed E-state index contributed by atoms with van der Waals surface area (Å²) in [6, 6.07) is 14.5. The lowest BCUT2D eigenvalue weighted by Gasteiger charge is -2.19. The Labute approximate surface area is 167 Å². The highest BCUT2D eigenvalue weighted by Gasteiger charge is 2.36. The van der Waals surface area contributed by atoms with Crippen molar-refractivity contribution in [2.75, 3.05) is 23.9 Å². The van der Waals surface area contributed by atoms with Gasteiger partial charge in [-0.2, -0.15) is 4.98 Å². The maximum Gasteiger partial charge on any atom is 0.260 e. The molecule has 0 aliphatic carbocycles. The predicted octanol–water partition coefficient (Wildman–Crippen LogP) is 3.05. The number of amides is 2. The molecule has 3 aromatic rings. The Bertz CT molecular complexity index is 1060. The fourth-order valence-electron chi connectivity index (χ4n) is 3.39. The topological polar surface area (TPSA) is 97.6 Å². The molecule has 0 unspecified atom stereocenters. The summed E-state index contributed by atoms with van der Waals surface area (Å²) in [6.45, 7) is 2.01. The minimum absolute atomic E-state index is 0.115. The van der Waals surface area contributed by atoms with E-state index in [2.05, 4.69) is 15.5 Å². The van der Waals surface area contributed by atoms with E-state index >= 15 is 0 Å². The molecule has 1 aliphatic rings. The number of para-hydroxylation sites is 3. The van der Waals surface area contributed by atoms with Crippen LogP contribution >= 0.6 is 0 Å². The first-order chi connectivity index (χ1) is 14.1. The lowest BCUT2D eigenvalue weighted by molar-refractivity contribution is -0.122. The maximum atomic E-state index is 12.9. The Kier molecular flexibility index (Phi) is 4.99. The van der Waals surface area contributed by atoms with Gasteiger partial charge in [-0.15, -0.1) is 0 Å². The predicted molar refractivity (Wildman–Crippen MR) is 107 cm³/mol. The van der Waals surface area contributed by atoms with Crippen LogP contribution in [0.1, 0.15) is 12.2 Å². The number of rotatable bonds is 5. The Morgan fingerprint density at radius 1 is 1.21 bits per heavy atom. The average Bonchev–Trinajstić information content (AvgIpc) is 3.34. The average molecular weight is 392 g/mol. The van der Waals surface area contributed by atoms with Gasteiger partial charge >= 0.3 is 0 Å². The van der Waals surface area contributed by atoms with Gasteiger partial charge in [0.05, 0.1) is 30.0 Å². The highest BCUT2D eigenvalue weighted by atomic mass is 16.5. The number of carbonyl (C=O) groups is 2. The second kappa shape index (κ2) is 7.75. The van der Waals surface area contributed by atoms with Crippen LogP contribution < -0.4 is 15.0 Å². The summed E-state index contributed by atoms with van der Waals surface area (Å²) in [7, 11) is 1.56. The van der Waals surface area contributed by atoms with Gasteiger partial charge < -0.3 is 19.5 Å². The molecule has 8 nitrogen and oxygen atoms in total. The fourth-order valence-corrected chi connectivity index (χ4v) is 3.39. The maximum absolute atomic E-state index is 12.9. The Hall–Kier alpha value is -3.68. The third-order valence-corrected chi connectivity index (χ3v) is 4.81. The molecule has 1 aromatic heterocycles. The second-order valence-corrected chi connectivity index (χ2v) is 6.76. The summed E-state index contributed by atoms with van der Waals surface area (Å²) < 4.78 is 10.6. The highest BCUT2D eigenvalue weighted by Crippen LogP contribution is 2.33. The molecule has 29 heavy (non-hydrogen) atoms. The number of carbonyl (C=O) groups excluding carboxylic acids is 2. The van der Waals surface area contributed by atoms with E-state index in [1.165, 1.54) is 0 Å². The molecule has 2 heterocycles. The van der Waals surface area contributed by atoms with Crippen LogP contribution in [0.2, 0.25) is 0 Å². The molecule has 1 saturated heterocycles. The van der Waals surface area contributed by atoms with Crippen LogP contribution in [0.4, 0.5) is 11.4 Å². The summed E-state index contributed by atoms with van der Waals surface area (Å²) in [4.78, 5) is 31.3. The van der Waals surface area contributed by atoms with E-state index in [0.717, 1.165) is 0 Å². The number of hydrogen-bond acceptors (Lipinski definition) is 6. The first-order valence-corrected chi connectivity index (χ1v) is 9.21. The third-order valence-electron chi connectivity index (χ3n) is 4.81. The quantitative estimate of drug-likeness (QED) is 0.717. The summed E-state index contributed by atoms with van der Waals surface area (Å²) in [5, 5.41) is 6.70. The number of nitrogens with zero attached hydrogens (tertiary/aromatic N) is 3. The van der Waals surface area contributed by atoms with Crippen LogP contribution in [0.5, 0.6) is 5.75 Å². The van der Waals surface area contributed by atoms with Crippen LogP contribution in [0, 0.1) is 12.8 Å². The number of nitrogens with one attached hydrogen (secondary N) is 1. The lowest BCUT2D eigenvalue weighted by Crippen LogP contribution is -2.28. The number of hydrogen-bond donors (Lipinski definition) is 1. The van der Waals surface area contributed by atoms with Gasteiger partial charge in [-0.05, 0) is 31.2 Å². The molecule has 4 rings (SSSR count). The summed E-state index contributed by atoms with van der Waals surface area (Å²) in [5.41, 5.74) is 1.86. The molecule has 2 amide bonds. The first kappa shape index (κ1) is 18.7. The zero-order valence-electron chi connectivity index (χ0n) is 16.1. The Balaban J connectivity index is 1.53. The van der Waals surface area contributed by atoms with Crippen molar-refractivity contribution < 1.29 is 18.8 Å². The van der Waals surface area contributed by atoms with Gasteiger partial charge in [0.15, 0.2) is 5.82 Å². The van der Waals surface area contributed by atoms with Crippen LogP contribution in [0.3, 0.4) is 0 Å². The van der Waals surface area contributed by atoms with Gasteiger partial charge in [0.1, 0.15) is 5.75 Å². The molecule has 1 aliphatic heterocycles. The number of aromatic nitrogens is 2. The summed E-state index contributed by atoms with van der Waals surface area (Å²) >= 11 is 0. The minimum Gasteiger partial charge on any atom is -0.495 e. The van der Waals surface area contributed by atoms with Crippen LogP contribution in [-0.2, 0) is 9.59 Å². The highest BCUT2D eigenvalue weighted by molar-refractivity contribution is 6.05. The molecule has 1 N–H and O–H groups in total. The van der Waals surface area contributed by atoms with E-state index in [-0.39, 0.29) is 24.8 Å². The second-order valence-electron chi connectivity index (χ2n) is 6.76. The van der Waals surface area contributed by atoms with E-state index in [9.17, 15) is 9.59 Å². The summed E-state index contributed by atoms with van der Waals surface area (Å²) in [6.07, 6.45) is 0.131. The molecule has 148 valence electrons. The van der Waals surface area contributed by atoms with E-state index in [0.29, 0.717) is 34.4 Å². The van der Waals surface area contributed by atoms with Crippen molar-refractivity contribution in [1.29, 1.82) is 0 Å². The van der Waals surface area contributed by atoms with Crippen molar-refractivity contribution in [2.24, 2.45) is 5.92 Å².